The Morgan fingerprint density at radius 3 is 2.88 bits per heavy atom. The first-order chi connectivity index (χ1) is 7.56. The number of aliphatic hydroxyl groups is 1. The normalized spacial score (nSPS) is 12.2. The van der Waals surface area contributed by atoms with Crippen molar-refractivity contribution >= 4 is 10.2 Å². The van der Waals surface area contributed by atoms with Crippen LogP contribution in [0.15, 0.2) is 0 Å². The highest BCUT2D eigenvalue weighted by Gasteiger charge is 2.17. The molecule has 92 valence electrons. The number of aromatic nitrogens is 4. The van der Waals surface area contributed by atoms with Gasteiger partial charge in [0.05, 0.1) is 6.54 Å². The second-order valence-corrected chi connectivity index (χ2v) is 4.92. The van der Waals surface area contributed by atoms with Gasteiger partial charge in [-0.15, -0.1) is 10.2 Å². The number of hydrogen-bond acceptors (Lipinski definition) is 6. The number of aliphatic hydroxyl groups excluding tert-OH is 1. The molecule has 0 bridgehead atoms. The van der Waals surface area contributed by atoms with E-state index in [1.54, 1.807) is 0 Å². The van der Waals surface area contributed by atoms with Gasteiger partial charge in [-0.1, -0.05) is 5.21 Å². The number of rotatable bonds is 7. The predicted octanol–water partition coefficient (Wildman–Crippen LogP) is -2.15. The van der Waals surface area contributed by atoms with Gasteiger partial charge in [-0.3, -0.25) is 0 Å². The Hall–Kier alpha value is -1.10. The lowest BCUT2D eigenvalue weighted by atomic mass is 10.5. The highest BCUT2D eigenvalue weighted by Crippen LogP contribution is 1.96. The van der Waals surface area contributed by atoms with E-state index < -0.39 is 10.2 Å². The lowest BCUT2D eigenvalue weighted by Gasteiger charge is -2.16. The summed E-state index contributed by atoms with van der Waals surface area (Å²) in [6.07, 6.45) is 0.389. The minimum absolute atomic E-state index is 0.0255. The predicted molar refractivity (Wildman–Crippen MR) is 54.3 cm³/mol. The molecule has 0 atom stereocenters. The zero-order valence-corrected chi connectivity index (χ0v) is 9.61. The van der Waals surface area contributed by atoms with E-state index in [0.717, 1.165) is 4.31 Å². The van der Waals surface area contributed by atoms with Gasteiger partial charge < -0.3 is 5.11 Å². The first-order valence-corrected chi connectivity index (χ1v) is 6.04. The molecule has 0 unspecified atom stereocenters. The summed E-state index contributed by atoms with van der Waals surface area (Å²) in [4.78, 5) is 0. The Balaban J connectivity index is 2.45. The highest BCUT2D eigenvalue weighted by atomic mass is 32.2. The average Bonchev–Trinajstić information content (AvgIpc) is 2.76. The SMILES string of the molecule is CN(CCCO)S(=O)(=O)NCc1nn[nH]n1. The number of nitrogens with zero attached hydrogens (tertiary/aromatic N) is 4. The van der Waals surface area contributed by atoms with E-state index in [1.807, 2.05) is 0 Å². The van der Waals surface area contributed by atoms with Crippen LogP contribution in [-0.2, 0) is 16.8 Å². The molecule has 0 saturated heterocycles. The topological polar surface area (TPSA) is 124 Å². The summed E-state index contributed by atoms with van der Waals surface area (Å²) in [6.45, 7) is 0.172. The third-order valence-corrected chi connectivity index (χ3v) is 3.36. The second kappa shape index (κ2) is 5.84. The van der Waals surface area contributed by atoms with E-state index in [2.05, 4.69) is 25.3 Å². The van der Waals surface area contributed by atoms with Gasteiger partial charge in [-0.2, -0.15) is 22.7 Å². The molecule has 0 saturated carbocycles. The molecule has 0 aliphatic carbocycles. The lowest BCUT2D eigenvalue weighted by molar-refractivity contribution is 0.275. The number of aromatic amines is 1. The molecule has 0 aliphatic heterocycles. The Bertz CT molecular complexity index is 390. The minimum Gasteiger partial charge on any atom is -0.396 e. The summed E-state index contributed by atoms with van der Waals surface area (Å²) < 4.78 is 26.6. The number of H-pyrrole nitrogens is 1. The van der Waals surface area contributed by atoms with Crippen molar-refractivity contribution in [2.45, 2.75) is 13.0 Å². The van der Waals surface area contributed by atoms with E-state index in [-0.39, 0.29) is 25.5 Å². The molecular formula is C6H14N6O3S. The van der Waals surface area contributed by atoms with Crippen LogP contribution < -0.4 is 4.72 Å². The first kappa shape index (κ1) is 13.0. The Morgan fingerprint density at radius 2 is 2.31 bits per heavy atom. The molecule has 0 radical (unpaired) electrons. The van der Waals surface area contributed by atoms with Gasteiger partial charge in [0.25, 0.3) is 10.2 Å². The summed E-state index contributed by atoms with van der Waals surface area (Å²) in [5.74, 6) is 0.263. The average molecular weight is 250 g/mol. The fourth-order valence-corrected chi connectivity index (χ4v) is 1.84. The van der Waals surface area contributed by atoms with E-state index in [0.29, 0.717) is 6.42 Å². The van der Waals surface area contributed by atoms with Crippen LogP contribution in [0.4, 0.5) is 0 Å². The van der Waals surface area contributed by atoms with E-state index >= 15 is 0 Å². The molecule has 10 heteroatoms. The van der Waals surface area contributed by atoms with Crippen molar-refractivity contribution in [1.82, 2.24) is 29.7 Å². The van der Waals surface area contributed by atoms with Gasteiger partial charge in [0.15, 0.2) is 5.82 Å². The molecule has 0 amide bonds. The van der Waals surface area contributed by atoms with E-state index in [1.165, 1.54) is 7.05 Å². The van der Waals surface area contributed by atoms with Crippen molar-refractivity contribution in [2.24, 2.45) is 0 Å². The van der Waals surface area contributed by atoms with Crippen molar-refractivity contribution in [3.63, 3.8) is 0 Å². The van der Waals surface area contributed by atoms with Gasteiger partial charge in [-0.05, 0) is 6.42 Å². The molecule has 3 N–H and O–H groups in total. The summed E-state index contributed by atoms with van der Waals surface area (Å²) in [5, 5.41) is 21.3. The summed E-state index contributed by atoms with van der Waals surface area (Å²) in [7, 11) is -2.13. The van der Waals surface area contributed by atoms with Crippen LogP contribution in [0.3, 0.4) is 0 Å². The van der Waals surface area contributed by atoms with Gasteiger partial charge in [-0.25, -0.2) is 0 Å². The summed E-state index contributed by atoms with van der Waals surface area (Å²) in [6, 6.07) is 0. The number of hydrogen-bond donors (Lipinski definition) is 3. The Morgan fingerprint density at radius 1 is 1.56 bits per heavy atom. The summed E-state index contributed by atoms with van der Waals surface area (Å²) in [5.41, 5.74) is 0. The quantitative estimate of drug-likeness (QED) is 0.506. The van der Waals surface area contributed by atoms with Gasteiger partial charge in [0, 0.05) is 20.2 Å². The van der Waals surface area contributed by atoms with Crippen molar-refractivity contribution in [3.8, 4) is 0 Å². The zero-order valence-electron chi connectivity index (χ0n) is 8.79. The molecule has 1 aromatic rings. The molecule has 1 heterocycles. The fourth-order valence-electron chi connectivity index (χ4n) is 0.937. The van der Waals surface area contributed by atoms with E-state index in [9.17, 15) is 8.42 Å². The molecular weight excluding hydrogens is 236 g/mol. The fraction of sp³-hybridized carbons (Fsp3) is 0.833. The molecule has 1 rings (SSSR count). The van der Waals surface area contributed by atoms with Gasteiger partial charge in [0.2, 0.25) is 0 Å². The van der Waals surface area contributed by atoms with Crippen LogP contribution >= 0.6 is 0 Å². The number of nitrogens with one attached hydrogen (secondary N) is 2. The third kappa shape index (κ3) is 3.81. The van der Waals surface area contributed by atoms with Gasteiger partial charge >= 0.3 is 0 Å². The van der Waals surface area contributed by atoms with Crippen molar-refractivity contribution in [1.29, 1.82) is 0 Å². The zero-order chi connectivity index (χ0) is 12.0. The third-order valence-electron chi connectivity index (χ3n) is 1.84. The Kier molecular flexibility index (Phi) is 4.73. The van der Waals surface area contributed by atoms with Crippen LogP contribution in [-0.4, -0.2) is 58.7 Å². The van der Waals surface area contributed by atoms with Crippen LogP contribution in [0, 0.1) is 0 Å². The second-order valence-electron chi connectivity index (χ2n) is 3.05. The summed E-state index contributed by atoms with van der Waals surface area (Å²) >= 11 is 0. The molecule has 1 aromatic heterocycles. The Labute approximate surface area is 93.0 Å². The molecule has 0 fully saturated rings. The monoisotopic (exact) mass is 250 g/mol. The van der Waals surface area contributed by atoms with Crippen LogP contribution in [0.5, 0.6) is 0 Å². The maximum Gasteiger partial charge on any atom is 0.279 e. The lowest BCUT2D eigenvalue weighted by Crippen LogP contribution is -2.38. The number of tetrazole rings is 1. The molecule has 0 aromatic carbocycles. The molecule has 0 aliphatic rings. The van der Waals surface area contributed by atoms with E-state index in [4.69, 9.17) is 5.11 Å². The van der Waals surface area contributed by atoms with Crippen molar-refractivity contribution in [3.05, 3.63) is 5.82 Å². The highest BCUT2D eigenvalue weighted by molar-refractivity contribution is 7.87. The van der Waals surface area contributed by atoms with Crippen molar-refractivity contribution < 1.29 is 13.5 Å². The first-order valence-electron chi connectivity index (χ1n) is 4.60. The van der Waals surface area contributed by atoms with Crippen LogP contribution in [0.25, 0.3) is 0 Å². The largest absolute Gasteiger partial charge is 0.396 e. The molecule has 0 spiro atoms. The molecule has 16 heavy (non-hydrogen) atoms. The van der Waals surface area contributed by atoms with Gasteiger partial charge in [0.1, 0.15) is 0 Å². The maximum atomic E-state index is 11.6. The molecule has 9 nitrogen and oxygen atoms in total. The minimum atomic E-state index is -3.56. The standard InChI is InChI=1S/C6H14N6O3S/c1-12(3-2-4-13)16(14,15)7-5-6-8-10-11-9-6/h7,13H,2-5H2,1H3,(H,8,9,10,11). The van der Waals surface area contributed by atoms with Crippen LogP contribution in [0.2, 0.25) is 0 Å². The smallest absolute Gasteiger partial charge is 0.279 e. The van der Waals surface area contributed by atoms with Crippen LogP contribution in [0.1, 0.15) is 12.2 Å². The maximum absolute atomic E-state index is 11.6. The van der Waals surface area contributed by atoms with Crippen molar-refractivity contribution in [2.75, 3.05) is 20.2 Å².